The van der Waals surface area contributed by atoms with Gasteiger partial charge in [0.25, 0.3) is 0 Å². The Morgan fingerprint density at radius 2 is 1.93 bits per heavy atom. The molecule has 14 heavy (non-hydrogen) atoms. The molecule has 1 rings (SSSR count). The third-order valence-electron chi connectivity index (χ3n) is 1.58. The van der Waals surface area contributed by atoms with Crippen LogP contribution in [0.5, 0.6) is 0 Å². The number of benzene rings is 1. The van der Waals surface area contributed by atoms with Gasteiger partial charge in [-0.2, -0.15) is 0 Å². The summed E-state index contributed by atoms with van der Waals surface area (Å²) in [6, 6.07) is 3.40. The van der Waals surface area contributed by atoms with Crippen molar-refractivity contribution in [2.75, 3.05) is 19.3 Å². The minimum absolute atomic E-state index is 0.396. The maximum absolute atomic E-state index is 5.84. The predicted molar refractivity (Wildman–Crippen MR) is 61.7 cm³/mol. The van der Waals surface area contributed by atoms with E-state index in [1.807, 2.05) is 7.05 Å². The van der Waals surface area contributed by atoms with Crippen molar-refractivity contribution in [2.24, 2.45) is 0 Å². The molecule has 3 N–H and O–H groups in total. The molecular weight excluding hydrogens is 219 g/mol. The van der Waals surface area contributed by atoms with Crippen molar-refractivity contribution < 1.29 is 0 Å². The van der Waals surface area contributed by atoms with E-state index in [4.69, 9.17) is 28.9 Å². The molecule has 4 heteroatoms. The summed E-state index contributed by atoms with van der Waals surface area (Å²) in [4.78, 5) is 0. The van der Waals surface area contributed by atoms with Crippen LogP contribution < -0.4 is 11.1 Å². The summed E-state index contributed by atoms with van der Waals surface area (Å²) in [6.45, 7) is 0.625. The van der Waals surface area contributed by atoms with Crippen LogP contribution >= 0.6 is 23.2 Å². The van der Waals surface area contributed by atoms with E-state index in [1.54, 1.807) is 12.1 Å². The summed E-state index contributed by atoms with van der Waals surface area (Å²) in [7, 11) is 1.83. The van der Waals surface area contributed by atoms with Crippen molar-refractivity contribution in [1.29, 1.82) is 0 Å². The van der Waals surface area contributed by atoms with Gasteiger partial charge in [-0.3, -0.25) is 0 Å². The molecule has 0 atom stereocenters. The normalized spacial score (nSPS) is 9.36. The Balaban J connectivity index is 2.97. The van der Waals surface area contributed by atoms with E-state index < -0.39 is 0 Å². The Bertz CT molecular complexity index is 368. The Kier molecular flexibility index (Phi) is 4.09. The van der Waals surface area contributed by atoms with E-state index in [0.717, 1.165) is 5.56 Å². The van der Waals surface area contributed by atoms with E-state index >= 15 is 0 Å². The molecule has 2 nitrogen and oxygen atoms in total. The lowest BCUT2D eigenvalue weighted by Crippen LogP contribution is -2.04. The van der Waals surface area contributed by atoms with Crippen LogP contribution in [0.2, 0.25) is 10.0 Å². The van der Waals surface area contributed by atoms with Crippen LogP contribution in [-0.2, 0) is 0 Å². The smallest absolute Gasteiger partial charge is 0.0693 e. The highest BCUT2D eigenvalue weighted by Crippen LogP contribution is 2.28. The number of halogens is 2. The zero-order valence-electron chi connectivity index (χ0n) is 7.70. The van der Waals surface area contributed by atoms with E-state index in [1.165, 1.54) is 0 Å². The molecule has 0 amide bonds. The molecule has 0 saturated heterocycles. The Hall–Kier alpha value is -0.880. The summed E-state index contributed by atoms with van der Waals surface area (Å²) in [5, 5.41) is 3.79. The third-order valence-corrected chi connectivity index (χ3v) is 2.20. The quantitative estimate of drug-likeness (QED) is 0.572. The monoisotopic (exact) mass is 228 g/mol. The SMILES string of the molecule is CNCC#Cc1cc(Cl)c(N)c(Cl)c1. The van der Waals surface area contributed by atoms with Gasteiger partial charge in [0, 0.05) is 5.56 Å². The molecule has 0 saturated carbocycles. The van der Waals surface area contributed by atoms with Crippen LogP contribution in [-0.4, -0.2) is 13.6 Å². The summed E-state index contributed by atoms with van der Waals surface area (Å²) in [6.07, 6.45) is 0. The molecule has 0 aliphatic carbocycles. The van der Waals surface area contributed by atoms with Crippen molar-refractivity contribution in [3.05, 3.63) is 27.7 Å². The lowest BCUT2D eigenvalue weighted by Gasteiger charge is -2.01. The highest BCUT2D eigenvalue weighted by Gasteiger charge is 2.02. The van der Waals surface area contributed by atoms with Gasteiger partial charge in [0.2, 0.25) is 0 Å². The van der Waals surface area contributed by atoms with Crippen LogP contribution in [0.4, 0.5) is 5.69 Å². The molecule has 1 aromatic carbocycles. The zero-order chi connectivity index (χ0) is 10.6. The molecule has 0 aliphatic heterocycles. The molecule has 74 valence electrons. The molecule has 0 bridgehead atoms. The summed E-state index contributed by atoms with van der Waals surface area (Å²) >= 11 is 11.7. The van der Waals surface area contributed by atoms with Crippen LogP contribution in [0, 0.1) is 11.8 Å². The second-order valence-electron chi connectivity index (χ2n) is 2.69. The molecular formula is C10H10Cl2N2. The number of nitrogens with two attached hydrogens (primary N) is 1. The fourth-order valence-electron chi connectivity index (χ4n) is 0.891. The largest absolute Gasteiger partial charge is 0.396 e. The number of nitrogen functional groups attached to an aromatic ring is 1. The molecule has 0 aliphatic rings. The molecule has 0 aromatic heterocycles. The average molecular weight is 229 g/mol. The Morgan fingerprint density at radius 3 is 2.43 bits per heavy atom. The van der Waals surface area contributed by atoms with Crippen molar-refractivity contribution >= 4 is 28.9 Å². The topological polar surface area (TPSA) is 38.0 Å². The number of anilines is 1. The number of nitrogens with one attached hydrogen (secondary N) is 1. The van der Waals surface area contributed by atoms with Gasteiger partial charge < -0.3 is 11.1 Å². The van der Waals surface area contributed by atoms with Crippen molar-refractivity contribution in [3.8, 4) is 11.8 Å². The van der Waals surface area contributed by atoms with Crippen molar-refractivity contribution in [1.82, 2.24) is 5.32 Å². The fourth-order valence-corrected chi connectivity index (χ4v) is 1.38. The van der Waals surface area contributed by atoms with Gasteiger partial charge in [-0.25, -0.2) is 0 Å². The first kappa shape index (κ1) is 11.2. The minimum atomic E-state index is 0.396. The molecule has 0 spiro atoms. The second kappa shape index (κ2) is 5.11. The van der Waals surface area contributed by atoms with E-state index in [0.29, 0.717) is 22.3 Å². The number of rotatable bonds is 1. The van der Waals surface area contributed by atoms with Crippen LogP contribution in [0.15, 0.2) is 12.1 Å². The maximum Gasteiger partial charge on any atom is 0.0693 e. The van der Waals surface area contributed by atoms with Gasteiger partial charge >= 0.3 is 0 Å². The fraction of sp³-hybridized carbons (Fsp3) is 0.200. The van der Waals surface area contributed by atoms with E-state index in [-0.39, 0.29) is 0 Å². The van der Waals surface area contributed by atoms with E-state index in [9.17, 15) is 0 Å². The standard InChI is InChI=1S/C10H10Cl2N2/c1-14-4-2-3-7-5-8(11)10(13)9(12)6-7/h5-6,14H,4,13H2,1H3. The van der Waals surface area contributed by atoms with Gasteiger partial charge in [0.1, 0.15) is 0 Å². The van der Waals surface area contributed by atoms with Gasteiger partial charge in [0.15, 0.2) is 0 Å². The van der Waals surface area contributed by atoms with Crippen molar-refractivity contribution in [2.45, 2.75) is 0 Å². The summed E-state index contributed by atoms with van der Waals surface area (Å²) < 4.78 is 0. The lowest BCUT2D eigenvalue weighted by atomic mass is 10.2. The van der Waals surface area contributed by atoms with Crippen LogP contribution in [0.3, 0.4) is 0 Å². The van der Waals surface area contributed by atoms with Crippen molar-refractivity contribution in [3.63, 3.8) is 0 Å². The number of hydrogen-bond donors (Lipinski definition) is 2. The van der Waals surface area contributed by atoms with Crippen LogP contribution in [0.1, 0.15) is 5.56 Å². The van der Waals surface area contributed by atoms with Gasteiger partial charge in [-0.15, -0.1) is 0 Å². The Labute approximate surface area is 93.4 Å². The molecule has 0 radical (unpaired) electrons. The average Bonchev–Trinajstić information content (AvgIpc) is 2.14. The maximum atomic E-state index is 5.84. The first-order chi connectivity index (χ1) is 6.65. The first-order valence-electron chi connectivity index (χ1n) is 4.03. The zero-order valence-corrected chi connectivity index (χ0v) is 9.21. The molecule has 1 aromatic rings. The highest BCUT2D eigenvalue weighted by atomic mass is 35.5. The van der Waals surface area contributed by atoms with Gasteiger partial charge in [0.05, 0.1) is 22.3 Å². The number of hydrogen-bond acceptors (Lipinski definition) is 2. The third kappa shape index (κ3) is 2.81. The summed E-state index contributed by atoms with van der Waals surface area (Å²) in [5.41, 5.74) is 6.74. The van der Waals surface area contributed by atoms with Crippen LogP contribution in [0.25, 0.3) is 0 Å². The minimum Gasteiger partial charge on any atom is -0.396 e. The molecule has 0 unspecified atom stereocenters. The Morgan fingerprint density at radius 1 is 1.36 bits per heavy atom. The molecule has 0 heterocycles. The highest BCUT2D eigenvalue weighted by molar-refractivity contribution is 6.39. The lowest BCUT2D eigenvalue weighted by molar-refractivity contribution is 0.938. The predicted octanol–water partition coefficient (Wildman–Crippen LogP) is 2.15. The molecule has 0 fully saturated rings. The van der Waals surface area contributed by atoms with E-state index in [2.05, 4.69) is 17.2 Å². The second-order valence-corrected chi connectivity index (χ2v) is 3.50. The van der Waals surface area contributed by atoms with Gasteiger partial charge in [-0.1, -0.05) is 35.0 Å². The van der Waals surface area contributed by atoms with Gasteiger partial charge in [-0.05, 0) is 19.2 Å². The first-order valence-corrected chi connectivity index (χ1v) is 4.78. The summed E-state index contributed by atoms with van der Waals surface area (Å²) in [5.74, 6) is 5.82.